The minimum atomic E-state index is -1.46. The molecule has 1 unspecified atom stereocenters. The third-order valence-corrected chi connectivity index (χ3v) is 1.93. The Kier molecular flexibility index (Phi) is 7.45. The molecule has 18 heavy (non-hydrogen) atoms. The highest BCUT2D eigenvalue weighted by Crippen LogP contribution is 1.93. The van der Waals surface area contributed by atoms with E-state index in [1.165, 1.54) is 0 Å². The smallest absolute Gasteiger partial charge is 0.326 e. The molecule has 8 heteroatoms. The van der Waals surface area contributed by atoms with E-state index in [0.717, 1.165) is 0 Å². The second-order valence-electron chi connectivity index (χ2n) is 3.67. The van der Waals surface area contributed by atoms with Gasteiger partial charge in [0, 0.05) is 6.61 Å². The molecular formula is C10H18N2O6. The Morgan fingerprint density at radius 1 is 1.22 bits per heavy atom. The summed E-state index contributed by atoms with van der Waals surface area (Å²) in [7, 11) is 0. The normalized spacial score (nSPS) is 13.4. The van der Waals surface area contributed by atoms with Crippen molar-refractivity contribution in [1.29, 1.82) is 0 Å². The predicted octanol–water partition coefficient (Wildman–Crippen LogP) is -0.361. The van der Waals surface area contributed by atoms with Gasteiger partial charge in [0.25, 0.3) is 0 Å². The van der Waals surface area contributed by atoms with Crippen LogP contribution in [0.4, 0.5) is 4.79 Å². The van der Waals surface area contributed by atoms with Gasteiger partial charge in [0.15, 0.2) is 0 Å². The van der Waals surface area contributed by atoms with E-state index in [0.29, 0.717) is 13.2 Å². The number of amides is 2. The average Bonchev–Trinajstić information content (AvgIpc) is 2.24. The molecule has 0 aliphatic carbocycles. The highest BCUT2D eigenvalue weighted by Gasteiger charge is 2.23. The predicted molar refractivity (Wildman–Crippen MR) is 61.3 cm³/mol. The van der Waals surface area contributed by atoms with Crippen LogP contribution in [0.5, 0.6) is 0 Å². The second kappa shape index (κ2) is 8.29. The molecule has 0 aromatic heterocycles. The summed E-state index contributed by atoms with van der Waals surface area (Å²) < 4.78 is 5.06. The maximum absolute atomic E-state index is 11.4. The first-order chi connectivity index (χ1) is 8.36. The average molecular weight is 262 g/mol. The van der Waals surface area contributed by atoms with Gasteiger partial charge in [-0.15, -0.1) is 0 Å². The Morgan fingerprint density at radius 2 is 1.83 bits per heavy atom. The summed E-state index contributed by atoms with van der Waals surface area (Å²) >= 11 is 0. The third-order valence-electron chi connectivity index (χ3n) is 1.93. The van der Waals surface area contributed by atoms with E-state index in [-0.39, 0.29) is 6.04 Å². The molecule has 0 fully saturated rings. The number of aliphatic carboxylic acids is 2. The van der Waals surface area contributed by atoms with Crippen LogP contribution in [0.15, 0.2) is 0 Å². The van der Waals surface area contributed by atoms with Crippen molar-refractivity contribution < 1.29 is 29.3 Å². The zero-order valence-corrected chi connectivity index (χ0v) is 10.3. The number of carbonyl (C=O) groups excluding carboxylic acids is 1. The quantitative estimate of drug-likeness (QED) is 0.473. The SMILES string of the molecule is CCOCC(C)NC(=O)N[C@@H](CC(=O)O)C(=O)O. The van der Waals surface area contributed by atoms with E-state index in [9.17, 15) is 14.4 Å². The molecular weight excluding hydrogens is 244 g/mol. The number of carbonyl (C=O) groups is 3. The zero-order chi connectivity index (χ0) is 14.1. The molecule has 104 valence electrons. The van der Waals surface area contributed by atoms with Gasteiger partial charge in [-0.25, -0.2) is 9.59 Å². The lowest BCUT2D eigenvalue weighted by Gasteiger charge is -2.17. The molecule has 0 rings (SSSR count). The van der Waals surface area contributed by atoms with Crippen LogP contribution in [0, 0.1) is 0 Å². The number of nitrogens with one attached hydrogen (secondary N) is 2. The van der Waals surface area contributed by atoms with Crippen LogP contribution in [-0.4, -0.2) is 53.5 Å². The molecule has 0 bridgehead atoms. The van der Waals surface area contributed by atoms with Gasteiger partial charge in [-0.2, -0.15) is 0 Å². The minimum absolute atomic E-state index is 0.292. The van der Waals surface area contributed by atoms with E-state index in [2.05, 4.69) is 10.6 Å². The largest absolute Gasteiger partial charge is 0.481 e. The van der Waals surface area contributed by atoms with Crippen LogP contribution in [0.3, 0.4) is 0 Å². The first-order valence-electron chi connectivity index (χ1n) is 5.46. The van der Waals surface area contributed by atoms with Gasteiger partial charge in [0.1, 0.15) is 6.04 Å². The maximum atomic E-state index is 11.4. The van der Waals surface area contributed by atoms with Crippen molar-refractivity contribution in [3.8, 4) is 0 Å². The number of ether oxygens (including phenoxy) is 1. The Labute approximate surface area is 104 Å². The van der Waals surface area contributed by atoms with Crippen molar-refractivity contribution >= 4 is 18.0 Å². The fourth-order valence-electron chi connectivity index (χ4n) is 1.13. The number of hydrogen-bond donors (Lipinski definition) is 4. The van der Waals surface area contributed by atoms with Gasteiger partial charge in [-0.05, 0) is 13.8 Å². The summed E-state index contributed by atoms with van der Waals surface area (Å²) in [6.45, 7) is 4.29. The molecule has 2 atom stereocenters. The first-order valence-corrected chi connectivity index (χ1v) is 5.46. The lowest BCUT2D eigenvalue weighted by atomic mass is 10.2. The number of rotatable bonds is 8. The number of carboxylic acids is 2. The van der Waals surface area contributed by atoms with Crippen molar-refractivity contribution in [1.82, 2.24) is 10.6 Å². The van der Waals surface area contributed by atoms with E-state index in [1.807, 2.05) is 0 Å². The van der Waals surface area contributed by atoms with Gasteiger partial charge < -0.3 is 25.6 Å². The van der Waals surface area contributed by atoms with Crippen LogP contribution < -0.4 is 10.6 Å². The summed E-state index contributed by atoms with van der Waals surface area (Å²) in [5.74, 6) is -2.70. The highest BCUT2D eigenvalue weighted by molar-refractivity contribution is 5.86. The van der Waals surface area contributed by atoms with Crippen LogP contribution >= 0.6 is 0 Å². The molecule has 2 amide bonds. The first kappa shape index (κ1) is 16.2. The van der Waals surface area contributed by atoms with Gasteiger partial charge in [-0.3, -0.25) is 4.79 Å². The van der Waals surface area contributed by atoms with Gasteiger partial charge in [0.05, 0.1) is 19.1 Å². The van der Waals surface area contributed by atoms with E-state index < -0.39 is 30.4 Å². The van der Waals surface area contributed by atoms with Crippen LogP contribution in [-0.2, 0) is 14.3 Å². The summed E-state index contributed by atoms with van der Waals surface area (Å²) in [6, 6.07) is -2.50. The number of carboxylic acid groups (broad SMARTS) is 2. The molecule has 0 saturated carbocycles. The summed E-state index contributed by atoms with van der Waals surface area (Å²) in [6.07, 6.45) is -0.678. The Balaban J connectivity index is 4.17. The Hall–Kier alpha value is -1.83. The molecule has 4 N–H and O–H groups in total. The summed E-state index contributed by atoms with van der Waals surface area (Å²) in [5, 5.41) is 21.7. The topological polar surface area (TPSA) is 125 Å². The molecule has 0 radical (unpaired) electrons. The van der Waals surface area contributed by atoms with Crippen LogP contribution in [0.1, 0.15) is 20.3 Å². The van der Waals surface area contributed by atoms with Crippen molar-refractivity contribution in [2.45, 2.75) is 32.4 Å². The van der Waals surface area contributed by atoms with E-state index in [1.54, 1.807) is 13.8 Å². The van der Waals surface area contributed by atoms with Gasteiger partial charge >= 0.3 is 18.0 Å². The molecule has 0 saturated heterocycles. The zero-order valence-electron chi connectivity index (χ0n) is 10.3. The molecule has 0 aliphatic heterocycles. The van der Waals surface area contributed by atoms with Crippen molar-refractivity contribution in [2.75, 3.05) is 13.2 Å². The Bertz CT molecular complexity index is 307. The maximum Gasteiger partial charge on any atom is 0.326 e. The molecule has 0 spiro atoms. The van der Waals surface area contributed by atoms with Crippen molar-refractivity contribution in [3.63, 3.8) is 0 Å². The summed E-state index contributed by atoms with van der Waals surface area (Å²) in [5.41, 5.74) is 0. The van der Waals surface area contributed by atoms with Crippen LogP contribution in [0.25, 0.3) is 0 Å². The lowest BCUT2D eigenvalue weighted by molar-refractivity contribution is -0.145. The van der Waals surface area contributed by atoms with Gasteiger partial charge in [-0.1, -0.05) is 0 Å². The molecule has 0 aromatic rings. The third kappa shape index (κ3) is 7.44. The monoisotopic (exact) mass is 262 g/mol. The summed E-state index contributed by atoms with van der Waals surface area (Å²) in [4.78, 5) is 32.5. The molecule has 8 nitrogen and oxygen atoms in total. The number of hydrogen-bond acceptors (Lipinski definition) is 4. The van der Waals surface area contributed by atoms with Crippen molar-refractivity contribution in [3.05, 3.63) is 0 Å². The van der Waals surface area contributed by atoms with E-state index >= 15 is 0 Å². The fraction of sp³-hybridized carbons (Fsp3) is 0.700. The minimum Gasteiger partial charge on any atom is -0.481 e. The Morgan fingerprint density at radius 3 is 2.28 bits per heavy atom. The second-order valence-corrected chi connectivity index (χ2v) is 3.67. The standard InChI is InChI=1S/C10H18N2O6/c1-3-18-5-6(2)11-10(17)12-7(9(15)16)4-8(13)14/h6-7H,3-5H2,1-2H3,(H,13,14)(H,15,16)(H2,11,12,17)/t6?,7-/m0/s1. The molecule has 0 aromatic carbocycles. The molecule has 0 heterocycles. The molecule has 0 aliphatic rings. The fourth-order valence-corrected chi connectivity index (χ4v) is 1.13. The van der Waals surface area contributed by atoms with Crippen LogP contribution in [0.2, 0.25) is 0 Å². The number of urea groups is 1. The highest BCUT2D eigenvalue weighted by atomic mass is 16.5. The lowest BCUT2D eigenvalue weighted by Crippen LogP contribution is -2.50. The van der Waals surface area contributed by atoms with Gasteiger partial charge in [0.2, 0.25) is 0 Å². The van der Waals surface area contributed by atoms with E-state index in [4.69, 9.17) is 14.9 Å². The van der Waals surface area contributed by atoms with Crippen molar-refractivity contribution in [2.24, 2.45) is 0 Å².